The minimum Gasteiger partial charge on any atom is -0.454 e. The third kappa shape index (κ3) is 3.07. The first-order valence-corrected chi connectivity index (χ1v) is 3.92. The molecular formula is C10H10O3. The van der Waals surface area contributed by atoms with E-state index in [1.165, 1.54) is 6.92 Å². The minimum absolute atomic E-state index is 0.159. The van der Waals surface area contributed by atoms with E-state index < -0.39 is 5.97 Å². The van der Waals surface area contributed by atoms with Crippen molar-refractivity contribution >= 4 is 11.8 Å². The monoisotopic (exact) mass is 178 g/mol. The molecule has 0 aliphatic heterocycles. The van der Waals surface area contributed by atoms with Crippen molar-refractivity contribution in [3.63, 3.8) is 0 Å². The number of benzene rings is 1. The maximum atomic E-state index is 11.2. The van der Waals surface area contributed by atoms with E-state index in [2.05, 4.69) is 0 Å². The highest BCUT2D eigenvalue weighted by atomic mass is 16.5. The molecule has 13 heavy (non-hydrogen) atoms. The Morgan fingerprint density at radius 2 is 1.85 bits per heavy atom. The van der Waals surface area contributed by atoms with Crippen LogP contribution >= 0.6 is 0 Å². The molecule has 3 nitrogen and oxygen atoms in total. The lowest BCUT2D eigenvalue weighted by atomic mass is 10.2. The number of ether oxygens (including phenoxy) is 1. The average molecular weight is 178 g/mol. The van der Waals surface area contributed by atoms with Gasteiger partial charge in [-0.25, -0.2) is 4.79 Å². The predicted octanol–water partition coefficient (Wildman–Crippen LogP) is 1.43. The number of carbonyl (C=O) groups excluding carboxylic acids is 2. The van der Waals surface area contributed by atoms with Gasteiger partial charge in [0.25, 0.3) is 0 Å². The molecule has 0 saturated heterocycles. The Morgan fingerprint density at radius 1 is 1.23 bits per heavy atom. The van der Waals surface area contributed by atoms with Crippen LogP contribution in [0.1, 0.15) is 17.3 Å². The molecule has 0 fully saturated rings. The summed E-state index contributed by atoms with van der Waals surface area (Å²) in [7, 11) is 0. The van der Waals surface area contributed by atoms with Crippen molar-refractivity contribution in [3.05, 3.63) is 35.9 Å². The second kappa shape index (κ2) is 4.40. The first-order valence-electron chi connectivity index (χ1n) is 3.92. The molecule has 0 radical (unpaired) electrons. The smallest absolute Gasteiger partial charge is 0.338 e. The molecular weight excluding hydrogens is 168 g/mol. The van der Waals surface area contributed by atoms with E-state index in [1.54, 1.807) is 24.3 Å². The van der Waals surface area contributed by atoms with Crippen molar-refractivity contribution in [2.75, 3.05) is 6.61 Å². The molecule has 0 N–H and O–H groups in total. The molecule has 1 aromatic carbocycles. The van der Waals surface area contributed by atoms with Crippen LogP contribution in [0, 0.1) is 0 Å². The van der Waals surface area contributed by atoms with Crippen LogP contribution in [0.25, 0.3) is 0 Å². The minimum atomic E-state index is -0.462. The fourth-order valence-corrected chi connectivity index (χ4v) is 0.825. The summed E-state index contributed by atoms with van der Waals surface area (Å²) in [6.45, 7) is 1.21. The number of carbonyl (C=O) groups is 2. The van der Waals surface area contributed by atoms with E-state index in [9.17, 15) is 9.59 Å². The van der Waals surface area contributed by atoms with Crippen LogP contribution in [0.2, 0.25) is 0 Å². The highest BCUT2D eigenvalue weighted by molar-refractivity contribution is 5.91. The topological polar surface area (TPSA) is 43.4 Å². The Labute approximate surface area is 76.3 Å². The molecule has 0 spiro atoms. The van der Waals surface area contributed by atoms with Gasteiger partial charge >= 0.3 is 5.97 Å². The van der Waals surface area contributed by atoms with Crippen LogP contribution in [-0.4, -0.2) is 18.4 Å². The van der Waals surface area contributed by atoms with Crippen LogP contribution < -0.4 is 0 Å². The SMILES string of the molecule is CC(=O)COC(=O)c1ccccc1. The number of hydrogen-bond donors (Lipinski definition) is 0. The van der Waals surface area contributed by atoms with Crippen molar-refractivity contribution < 1.29 is 14.3 Å². The van der Waals surface area contributed by atoms with E-state index in [0.717, 1.165) is 0 Å². The van der Waals surface area contributed by atoms with Crippen molar-refractivity contribution in [2.45, 2.75) is 6.92 Å². The zero-order valence-corrected chi connectivity index (χ0v) is 7.32. The summed E-state index contributed by atoms with van der Waals surface area (Å²) in [4.78, 5) is 21.7. The van der Waals surface area contributed by atoms with Crippen molar-refractivity contribution in [2.24, 2.45) is 0 Å². The molecule has 0 saturated carbocycles. The van der Waals surface area contributed by atoms with Crippen LogP contribution in [0.3, 0.4) is 0 Å². The van der Waals surface area contributed by atoms with Crippen molar-refractivity contribution in [1.82, 2.24) is 0 Å². The summed E-state index contributed by atoms with van der Waals surface area (Å²) < 4.78 is 4.70. The van der Waals surface area contributed by atoms with E-state index in [-0.39, 0.29) is 12.4 Å². The normalized spacial score (nSPS) is 9.31. The standard InChI is InChI=1S/C10H10O3/c1-8(11)7-13-10(12)9-5-3-2-4-6-9/h2-6H,7H2,1H3. The number of hydrogen-bond acceptors (Lipinski definition) is 3. The van der Waals surface area contributed by atoms with Gasteiger partial charge in [0.1, 0.15) is 6.61 Å². The number of ketones is 1. The van der Waals surface area contributed by atoms with E-state index in [4.69, 9.17) is 4.74 Å². The van der Waals surface area contributed by atoms with Gasteiger partial charge in [-0.1, -0.05) is 18.2 Å². The number of rotatable bonds is 3. The van der Waals surface area contributed by atoms with E-state index >= 15 is 0 Å². The molecule has 0 atom stereocenters. The van der Waals surface area contributed by atoms with Gasteiger partial charge in [0, 0.05) is 0 Å². The lowest BCUT2D eigenvalue weighted by molar-refractivity contribution is -0.120. The van der Waals surface area contributed by atoms with Crippen molar-refractivity contribution in [3.8, 4) is 0 Å². The first-order chi connectivity index (χ1) is 6.20. The van der Waals surface area contributed by atoms with Gasteiger partial charge in [-0.2, -0.15) is 0 Å². The lowest BCUT2D eigenvalue weighted by Crippen LogP contribution is -2.11. The quantitative estimate of drug-likeness (QED) is 0.657. The fraction of sp³-hybridized carbons (Fsp3) is 0.200. The second-order valence-electron chi connectivity index (χ2n) is 2.64. The Bertz CT molecular complexity index is 303. The lowest BCUT2D eigenvalue weighted by Gasteiger charge is -2.00. The molecule has 0 aromatic heterocycles. The number of esters is 1. The molecule has 0 aliphatic rings. The summed E-state index contributed by atoms with van der Waals surface area (Å²) in [5.74, 6) is -0.625. The van der Waals surface area contributed by atoms with Gasteiger partial charge in [0.15, 0.2) is 5.78 Å². The molecule has 1 rings (SSSR count). The van der Waals surface area contributed by atoms with Gasteiger partial charge in [0.05, 0.1) is 5.56 Å². The van der Waals surface area contributed by atoms with Crippen LogP contribution in [-0.2, 0) is 9.53 Å². The first kappa shape index (κ1) is 9.45. The Morgan fingerprint density at radius 3 is 2.38 bits per heavy atom. The van der Waals surface area contributed by atoms with Gasteiger partial charge in [0.2, 0.25) is 0 Å². The third-order valence-corrected chi connectivity index (χ3v) is 1.42. The van der Waals surface area contributed by atoms with Crippen LogP contribution in [0.4, 0.5) is 0 Å². The van der Waals surface area contributed by atoms with Crippen LogP contribution in [0.5, 0.6) is 0 Å². The summed E-state index contributed by atoms with van der Waals surface area (Å²) in [5, 5.41) is 0. The zero-order valence-electron chi connectivity index (χ0n) is 7.32. The molecule has 3 heteroatoms. The fourth-order valence-electron chi connectivity index (χ4n) is 0.825. The molecule has 0 heterocycles. The molecule has 0 aliphatic carbocycles. The Balaban J connectivity index is 2.54. The summed E-state index contributed by atoms with van der Waals surface area (Å²) in [5.41, 5.74) is 0.462. The maximum absolute atomic E-state index is 11.2. The molecule has 0 amide bonds. The van der Waals surface area contributed by atoms with Gasteiger partial charge in [-0.15, -0.1) is 0 Å². The summed E-state index contributed by atoms with van der Waals surface area (Å²) >= 11 is 0. The zero-order chi connectivity index (χ0) is 9.68. The van der Waals surface area contributed by atoms with Crippen LogP contribution in [0.15, 0.2) is 30.3 Å². The highest BCUT2D eigenvalue weighted by Gasteiger charge is 2.06. The molecule has 0 unspecified atom stereocenters. The third-order valence-electron chi connectivity index (χ3n) is 1.42. The van der Waals surface area contributed by atoms with Gasteiger partial charge in [-0.3, -0.25) is 4.79 Å². The maximum Gasteiger partial charge on any atom is 0.338 e. The highest BCUT2D eigenvalue weighted by Crippen LogP contribution is 2.00. The molecule has 68 valence electrons. The number of Topliss-reactive ketones (excluding diaryl/α,β-unsaturated/α-hetero) is 1. The van der Waals surface area contributed by atoms with E-state index in [1.807, 2.05) is 6.07 Å². The second-order valence-corrected chi connectivity index (χ2v) is 2.64. The van der Waals surface area contributed by atoms with Gasteiger partial charge in [-0.05, 0) is 19.1 Å². The predicted molar refractivity (Wildman–Crippen MR) is 47.4 cm³/mol. The molecule has 1 aromatic rings. The molecule has 0 bridgehead atoms. The largest absolute Gasteiger partial charge is 0.454 e. The summed E-state index contributed by atoms with van der Waals surface area (Å²) in [6, 6.07) is 8.57. The van der Waals surface area contributed by atoms with Crippen molar-refractivity contribution in [1.29, 1.82) is 0 Å². The van der Waals surface area contributed by atoms with Gasteiger partial charge < -0.3 is 4.74 Å². The Kier molecular flexibility index (Phi) is 3.20. The Hall–Kier alpha value is -1.64. The summed E-state index contributed by atoms with van der Waals surface area (Å²) in [6.07, 6.45) is 0. The van der Waals surface area contributed by atoms with E-state index in [0.29, 0.717) is 5.56 Å². The average Bonchev–Trinajstić information content (AvgIpc) is 2.15.